The summed E-state index contributed by atoms with van der Waals surface area (Å²) >= 11 is 0. The molecule has 0 radical (unpaired) electrons. The second-order valence-corrected chi connectivity index (χ2v) is 3.88. The predicted molar refractivity (Wildman–Crippen MR) is 61.4 cm³/mol. The Morgan fingerprint density at radius 2 is 1.94 bits per heavy atom. The minimum absolute atomic E-state index is 0.317. The summed E-state index contributed by atoms with van der Waals surface area (Å²) in [5.74, 6) is -0.118. The molecule has 1 aromatic carbocycles. The van der Waals surface area contributed by atoms with Crippen molar-refractivity contribution in [2.45, 2.75) is 6.04 Å². The summed E-state index contributed by atoms with van der Waals surface area (Å²) in [7, 11) is 0. The number of imide groups is 1. The van der Waals surface area contributed by atoms with Gasteiger partial charge in [-0.2, -0.15) is 0 Å². The lowest BCUT2D eigenvalue weighted by Crippen LogP contribution is -2.22. The Hall–Kier alpha value is -2.63. The molecule has 18 heavy (non-hydrogen) atoms. The van der Waals surface area contributed by atoms with Gasteiger partial charge in [-0.3, -0.25) is 10.1 Å². The Bertz CT molecular complexity index is 606. The smallest absolute Gasteiger partial charge is 0.322 e. The molecule has 2 aromatic rings. The topological polar surface area (TPSA) is 84.2 Å². The fourth-order valence-corrected chi connectivity index (χ4v) is 1.79. The minimum atomic E-state index is -0.803. The molecular weight excluding hydrogens is 234 g/mol. The van der Waals surface area contributed by atoms with Crippen LogP contribution in [0, 0.1) is 0 Å². The highest BCUT2D eigenvalue weighted by Crippen LogP contribution is 2.23. The number of urea groups is 1. The third-order valence-electron chi connectivity index (χ3n) is 2.66. The molecule has 1 atom stereocenters. The molecule has 0 unspecified atom stereocenters. The molecule has 6 heteroatoms. The zero-order valence-corrected chi connectivity index (χ0v) is 9.21. The Morgan fingerprint density at radius 3 is 2.61 bits per heavy atom. The SMILES string of the molecule is O=C1NC(=O)[C@H](c2cc(-c3ccccc3)no2)N1. The number of aromatic nitrogens is 1. The van der Waals surface area contributed by atoms with Crippen LogP contribution in [0.2, 0.25) is 0 Å². The number of hydrogen-bond acceptors (Lipinski definition) is 4. The number of amides is 3. The monoisotopic (exact) mass is 243 g/mol. The molecule has 0 saturated carbocycles. The summed E-state index contributed by atoms with van der Waals surface area (Å²) < 4.78 is 5.10. The third kappa shape index (κ3) is 1.73. The predicted octanol–water partition coefficient (Wildman–Crippen LogP) is 1.22. The van der Waals surface area contributed by atoms with Crippen LogP contribution in [0.25, 0.3) is 11.3 Å². The molecule has 1 saturated heterocycles. The maximum atomic E-state index is 11.4. The molecule has 0 bridgehead atoms. The zero-order valence-electron chi connectivity index (χ0n) is 9.21. The number of carbonyl (C=O) groups excluding carboxylic acids is 2. The van der Waals surface area contributed by atoms with E-state index in [4.69, 9.17) is 4.52 Å². The minimum Gasteiger partial charge on any atom is -0.358 e. The average molecular weight is 243 g/mol. The molecule has 1 aliphatic rings. The summed E-state index contributed by atoms with van der Waals surface area (Å²) in [6, 6.07) is 9.75. The van der Waals surface area contributed by atoms with E-state index < -0.39 is 18.0 Å². The Labute approximate surface area is 102 Å². The lowest BCUT2D eigenvalue weighted by Gasteiger charge is -1.99. The molecule has 3 amide bonds. The van der Waals surface area contributed by atoms with Gasteiger partial charge in [-0.15, -0.1) is 0 Å². The summed E-state index contributed by atoms with van der Waals surface area (Å²) in [5, 5.41) is 8.47. The number of carbonyl (C=O) groups is 2. The molecule has 1 fully saturated rings. The number of nitrogens with one attached hydrogen (secondary N) is 2. The molecule has 90 valence electrons. The zero-order chi connectivity index (χ0) is 12.5. The maximum absolute atomic E-state index is 11.4. The first-order chi connectivity index (χ1) is 8.74. The van der Waals surface area contributed by atoms with Gasteiger partial charge in [0.2, 0.25) is 0 Å². The van der Waals surface area contributed by atoms with Crippen LogP contribution in [0.15, 0.2) is 40.9 Å². The summed E-state index contributed by atoms with van der Waals surface area (Å²) in [5.41, 5.74) is 1.51. The highest BCUT2D eigenvalue weighted by Gasteiger charge is 2.34. The van der Waals surface area contributed by atoms with Crippen LogP contribution < -0.4 is 10.6 Å². The van der Waals surface area contributed by atoms with E-state index >= 15 is 0 Å². The van der Waals surface area contributed by atoms with Gasteiger partial charge in [-0.25, -0.2) is 4.79 Å². The van der Waals surface area contributed by atoms with Gasteiger partial charge < -0.3 is 9.84 Å². The molecule has 0 spiro atoms. The van der Waals surface area contributed by atoms with Gasteiger partial charge in [0.05, 0.1) is 0 Å². The van der Waals surface area contributed by atoms with Crippen LogP contribution in [0.5, 0.6) is 0 Å². The van der Waals surface area contributed by atoms with E-state index in [0.717, 1.165) is 5.56 Å². The van der Waals surface area contributed by atoms with Gasteiger partial charge in [0, 0.05) is 11.6 Å². The van der Waals surface area contributed by atoms with Gasteiger partial charge in [0.1, 0.15) is 5.69 Å². The van der Waals surface area contributed by atoms with Crippen molar-refractivity contribution in [2.24, 2.45) is 0 Å². The summed E-state index contributed by atoms with van der Waals surface area (Å²) in [4.78, 5) is 22.5. The fourth-order valence-electron chi connectivity index (χ4n) is 1.79. The van der Waals surface area contributed by atoms with Crippen LogP contribution in [0.1, 0.15) is 11.8 Å². The normalized spacial score (nSPS) is 18.6. The second kappa shape index (κ2) is 3.99. The fraction of sp³-hybridized carbons (Fsp3) is 0.0833. The van der Waals surface area contributed by atoms with E-state index in [1.165, 1.54) is 0 Å². The van der Waals surface area contributed by atoms with Gasteiger partial charge >= 0.3 is 6.03 Å². The number of hydrogen-bond donors (Lipinski definition) is 2. The van der Waals surface area contributed by atoms with Crippen molar-refractivity contribution in [1.29, 1.82) is 0 Å². The van der Waals surface area contributed by atoms with Crippen LogP contribution in [0.3, 0.4) is 0 Å². The van der Waals surface area contributed by atoms with E-state index in [1.807, 2.05) is 30.3 Å². The number of nitrogens with zero attached hydrogens (tertiary/aromatic N) is 1. The molecule has 3 rings (SSSR count). The van der Waals surface area contributed by atoms with Crippen molar-refractivity contribution in [3.05, 3.63) is 42.2 Å². The van der Waals surface area contributed by atoms with E-state index in [-0.39, 0.29) is 0 Å². The highest BCUT2D eigenvalue weighted by molar-refractivity contribution is 6.04. The van der Waals surface area contributed by atoms with Crippen molar-refractivity contribution in [1.82, 2.24) is 15.8 Å². The highest BCUT2D eigenvalue weighted by atomic mass is 16.5. The average Bonchev–Trinajstić information content (AvgIpc) is 2.97. The van der Waals surface area contributed by atoms with Crippen molar-refractivity contribution >= 4 is 11.9 Å². The Kier molecular flexibility index (Phi) is 2.33. The van der Waals surface area contributed by atoms with E-state index in [0.29, 0.717) is 11.5 Å². The summed E-state index contributed by atoms with van der Waals surface area (Å²) in [6.07, 6.45) is 0. The van der Waals surface area contributed by atoms with Gasteiger partial charge in [-0.1, -0.05) is 35.5 Å². The van der Waals surface area contributed by atoms with E-state index in [2.05, 4.69) is 15.8 Å². The first-order valence-electron chi connectivity index (χ1n) is 5.37. The van der Waals surface area contributed by atoms with Crippen molar-refractivity contribution in [3.63, 3.8) is 0 Å². The standard InChI is InChI=1S/C12H9N3O3/c16-11-10(13-12(17)14-11)9-6-8(15-18-9)7-4-2-1-3-5-7/h1-6,10H,(H2,13,14,16,17)/t10-/m0/s1. The molecule has 1 aromatic heterocycles. The number of rotatable bonds is 2. The van der Waals surface area contributed by atoms with E-state index in [9.17, 15) is 9.59 Å². The third-order valence-corrected chi connectivity index (χ3v) is 2.66. The molecule has 1 aliphatic heterocycles. The van der Waals surface area contributed by atoms with Gasteiger partial charge in [-0.05, 0) is 0 Å². The molecule has 2 N–H and O–H groups in total. The summed E-state index contributed by atoms with van der Waals surface area (Å²) in [6.45, 7) is 0. The second-order valence-electron chi connectivity index (χ2n) is 3.88. The van der Waals surface area contributed by atoms with Crippen LogP contribution in [-0.2, 0) is 4.79 Å². The van der Waals surface area contributed by atoms with Gasteiger partial charge in [0.25, 0.3) is 5.91 Å². The molecule has 0 aliphatic carbocycles. The maximum Gasteiger partial charge on any atom is 0.322 e. The van der Waals surface area contributed by atoms with E-state index in [1.54, 1.807) is 6.07 Å². The Balaban J connectivity index is 1.91. The van der Waals surface area contributed by atoms with Gasteiger partial charge in [0.15, 0.2) is 11.8 Å². The first kappa shape index (κ1) is 10.5. The van der Waals surface area contributed by atoms with Crippen LogP contribution in [0.4, 0.5) is 4.79 Å². The molecular formula is C12H9N3O3. The molecule has 6 nitrogen and oxygen atoms in total. The van der Waals surface area contributed by atoms with Crippen LogP contribution >= 0.6 is 0 Å². The largest absolute Gasteiger partial charge is 0.358 e. The van der Waals surface area contributed by atoms with Crippen LogP contribution in [-0.4, -0.2) is 17.1 Å². The molecule has 2 heterocycles. The quantitative estimate of drug-likeness (QED) is 0.777. The lowest BCUT2D eigenvalue weighted by molar-refractivity contribution is -0.120. The number of benzene rings is 1. The lowest BCUT2D eigenvalue weighted by atomic mass is 10.1. The Morgan fingerprint density at radius 1 is 1.17 bits per heavy atom. The first-order valence-corrected chi connectivity index (χ1v) is 5.37. The van der Waals surface area contributed by atoms with Crippen molar-refractivity contribution in [2.75, 3.05) is 0 Å². The van der Waals surface area contributed by atoms with Crippen molar-refractivity contribution in [3.8, 4) is 11.3 Å². The van der Waals surface area contributed by atoms with Crippen molar-refractivity contribution < 1.29 is 14.1 Å².